The normalized spacial score (nSPS) is 12.2. The van der Waals surface area contributed by atoms with E-state index in [2.05, 4.69) is 0 Å². The van der Waals surface area contributed by atoms with Crippen molar-refractivity contribution in [3.63, 3.8) is 0 Å². The van der Waals surface area contributed by atoms with E-state index in [1.807, 2.05) is 0 Å². The van der Waals surface area contributed by atoms with Gasteiger partial charge in [0.15, 0.2) is 16.7 Å². The number of furan rings is 1. The molecule has 2 rings (SSSR count). The van der Waals surface area contributed by atoms with Crippen LogP contribution in [0, 0.1) is 0 Å². The zero-order valence-electron chi connectivity index (χ0n) is 10.0. The van der Waals surface area contributed by atoms with Gasteiger partial charge in [-0.3, -0.25) is 0 Å². The first-order chi connectivity index (χ1) is 8.67. The monoisotopic (exact) mass is 268 g/mol. The maximum Gasteiger partial charge on any atom is 0.199 e. The average molecular weight is 269 g/mol. The topological polar surface area (TPSA) is 51.8 Å². The van der Waals surface area contributed by atoms with Gasteiger partial charge in [-0.2, -0.15) is 0 Å². The summed E-state index contributed by atoms with van der Waals surface area (Å²) >= 11 is 5.83. The molecule has 1 unspecified atom stereocenters. The van der Waals surface area contributed by atoms with Crippen LogP contribution in [0.25, 0.3) is 0 Å². The van der Waals surface area contributed by atoms with Crippen molar-refractivity contribution < 1.29 is 19.0 Å². The lowest BCUT2D eigenvalue weighted by atomic mass is 10.0. The van der Waals surface area contributed by atoms with Crippen LogP contribution in [-0.4, -0.2) is 19.3 Å². The van der Waals surface area contributed by atoms with Gasteiger partial charge in [-0.05, 0) is 35.4 Å². The SMILES string of the molecule is COc1ccc(C(O)c2ccoc2Cl)cc1OC. The summed E-state index contributed by atoms with van der Waals surface area (Å²) in [5.41, 5.74) is 1.17. The Morgan fingerprint density at radius 2 is 1.89 bits per heavy atom. The minimum atomic E-state index is -0.865. The molecule has 1 aromatic heterocycles. The molecule has 2 aromatic rings. The zero-order valence-corrected chi connectivity index (χ0v) is 10.8. The summed E-state index contributed by atoms with van der Waals surface area (Å²) in [5.74, 6) is 1.15. The summed E-state index contributed by atoms with van der Waals surface area (Å²) in [6.07, 6.45) is 0.567. The number of hydrogen-bond acceptors (Lipinski definition) is 4. The Kier molecular flexibility index (Phi) is 3.79. The molecule has 18 heavy (non-hydrogen) atoms. The summed E-state index contributed by atoms with van der Waals surface area (Å²) in [7, 11) is 3.10. The third-order valence-corrected chi connectivity index (χ3v) is 2.97. The summed E-state index contributed by atoms with van der Waals surface area (Å²) in [6.45, 7) is 0. The Hall–Kier alpha value is -1.65. The van der Waals surface area contributed by atoms with Crippen molar-refractivity contribution in [2.45, 2.75) is 6.10 Å². The third-order valence-electron chi connectivity index (χ3n) is 2.66. The number of hydrogen-bond donors (Lipinski definition) is 1. The highest BCUT2D eigenvalue weighted by molar-refractivity contribution is 6.29. The van der Waals surface area contributed by atoms with Crippen LogP contribution in [0.4, 0.5) is 0 Å². The lowest BCUT2D eigenvalue weighted by Gasteiger charge is -2.13. The predicted molar refractivity (Wildman–Crippen MR) is 67.3 cm³/mol. The minimum Gasteiger partial charge on any atom is -0.493 e. The molecule has 5 heteroatoms. The fourth-order valence-corrected chi connectivity index (χ4v) is 1.92. The molecule has 4 nitrogen and oxygen atoms in total. The molecule has 1 aromatic carbocycles. The van der Waals surface area contributed by atoms with Gasteiger partial charge < -0.3 is 19.0 Å². The molecule has 0 aliphatic heterocycles. The Bertz CT molecular complexity index is 536. The van der Waals surface area contributed by atoms with Crippen LogP contribution in [0.1, 0.15) is 17.2 Å². The summed E-state index contributed by atoms with van der Waals surface area (Å²) in [6, 6.07) is 6.80. The second-order valence-corrected chi connectivity index (χ2v) is 4.01. The highest BCUT2D eigenvalue weighted by atomic mass is 35.5. The van der Waals surface area contributed by atoms with Crippen LogP contribution in [0.5, 0.6) is 11.5 Å². The highest BCUT2D eigenvalue weighted by Gasteiger charge is 2.18. The molecular weight excluding hydrogens is 256 g/mol. The van der Waals surface area contributed by atoms with E-state index in [0.717, 1.165) is 0 Å². The second-order valence-electron chi connectivity index (χ2n) is 3.67. The van der Waals surface area contributed by atoms with Crippen LogP contribution in [0.15, 0.2) is 34.9 Å². The molecule has 0 fully saturated rings. The lowest BCUT2D eigenvalue weighted by molar-refractivity contribution is 0.218. The van der Waals surface area contributed by atoms with Crippen molar-refractivity contribution in [3.05, 3.63) is 46.9 Å². The predicted octanol–water partition coefficient (Wildman–Crippen LogP) is 3.03. The number of halogens is 1. The first-order valence-electron chi connectivity index (χ1n) is 5.30. The van der Waals surface area contributed by atoms with Gasteiger partial charge in [0, 0.05) is 5.56 Å². The number of methoxy groups -OCH3 is 2. The molecule has 0 spiro atoms. The molecule has 0 saturated carbocycles. The fourth-order valence-electron chi connectivity index (χ4n) is 1.70. The molecule has 0 bridgehead atoms. The Labute approximate surface area is 110 Å². The van der Waals surface area contributed by atoms with E-state index >= 15 is 0 Å². The van der Waals surface area contributed by atoms with Crippen molar-refractivity contribution in [1.29, 1.82) is 0 Å². The van der Waals surface area contributed by atoms with Gasteiger partial charge in [-0.1, -0.05) is 6.07 Å². The maximum absolute atomic E-state index is 10.2. The van der Waals surface area contributed by atoms with E-state index in [9.17, 15) is 5.11 Å². The molecule has 0 aliphatic carbocycles. The van der Waals surface area contributed by atoms with E-state index in [-0.39, 0.29) is 5.22 Å². The van der Waals surface area contributed by atoms with Crippen LogP contribution in [-0.2, 0) is 0 Å². The van der Waals surface area contributed by atoms with Crippen molar-refractivity contribution in [2.24, 2.45) is 0 Å². The Balaban J connectivity index is 2.37. The average Bonchev–Trinajstić information content (AvgIpc) is 2.83. The molecule has 1 N–H and O–H groups in total. The number of aliphatic hydroxyl groups excluding tert-OH is 1. The second kappa shape index (κ2) is 5.33. The van der Waals surface area contributed by atoms with Crippen LogP contribution < -0.4 is 9.47 Å². The quantitative estimate of drug-likeness (QED) is 0.926. The van der Waals surface area contributed by atoms with Gasteiger partial charge in [0.1, 0.15) is 6.10 Å². The van der Waals surface area contributed by atoms with Crippen molar-refractivity contribution in [2.75, 3.05) is 14.2 Å². The van der Waals surface area contributed by atoms with Gasteiger partial charge in [0.25, 0.3) is 0 Å². The van der Waals surface area contributed by atoms with Crippen LogP contribution in [0.3, 0.4) is 0 Å². The number of aliphatic hydroxyl groups is 1. The Morgan fingerprint density at radius 1 is 1.17 bits per heavy atom. The van der Waals surface area contributed by atoms with Crippen molar-refractivity contribution in [3.8, 4) is 11.5 Å². The number of ether oxygens (including phenoxy) is 2. The van der Waals surface area contributed by atoms with E-state index in [1.165, 1.54) is 6.26 Å². The van der Waals surface area contributed by atoms with Crippen LogP contribution >= 0.6 is 11.6 Å². The smallest absolute Gasteiger partial charge is 0.199 e. The summed E-state index contributed by atoms with van der Waals surface area (Å²) < 4.78 is 15.3. The summed E-state index contributed by atoms with van der Waals surface area (Å²) in [4.78, 5) is 0. The number of benzene rings is 1. The summed E-state index contributed by atoms with van der Waals surface area (Å²) in [5, 5.41) is 10.4. The molecule has 0 radical (unpaired) electrons. The van der Waals surface area contributed by atoms with Crippen molar-refractivity contribution in [1.82, 2.24) is 0 Å². The van der Waals surface area contributed by atoms with Gasteiger partial charge in [0.2, 0.25) is 0 Å². The van der Waals surface area contributed by atoms with Crippen LogP contribution in [0.2, 0.25) is 5.22 Å². The largest absolute Gasteiger partial charge is 0.493 e. The van der Waals surface area contributed by atoms with Crippen molar-refractivity contribution >= 4 is 11.6 Å². The van der Waals surface area contributed by atoms with E-state index in [0.29, 0.717) is 22.6 Å². The molecule has 1 heterocycles. The molecule has 0 saturated heterocycles. The molecule has 0 amide bonds. The van der Waals surface area contributed by atoms with Gasteiger partial charge in [-0.25, -0.2) is 0 Å². The lowest BCUT2D eigenvalue weighted by Crippen LogP contribution is -2.00. The van der Waals surface area contributed by atoms with E-state index in [4.69, 9.17) is 25.5 Å². The van der Waals surface area contributed by atoms with E-state index < -0.39 is 6.10 Å². The third kappa shape index (κ3) is 2.30. The molecule has 0 aliphatic rings. The molecule has 96 valence electrons. The van der Waals surface area contributed by atoms with E-state index in [1.54, 1.807) is 38.5 Å². The fraction of sp³-hybridized carbons (Fsp3) is 0.231. The highest BCUT2D eigenvalue weighted by Crippen LogP contribution is 2.34. The van der Waals surface area contributed by atoms with Gasteiger partial charge in [-0.15, -0.1) is 0 Å². The molecule has 1 atom stereocenters. The number of rotatable bonds is 4. The maximum atomic E-state index is 10.2. The first-order valence-corrected chi connectivity index (χ1v) is 5.68. The standard InChI is InChI=1S/C13H13ClO4/c1-16-10-4-3-8(7-11(10)17-2)12(15)9-5-6-18-13(9)14/h3-7,12,15H,1-2H3. The molecular formula is C13H13ClO4. The zero-order chi connectivity index (χ0) is 13.1. The first kappa shape index (κ1) is 12.8. The Morgan fingerprint density at radius 3 is 2.44 bits per heavy atom. The van der Waals surface area contributed by atoms with Gasteiger partial charge >= 0.3 is 0 Å². The van der Waals surface area contributed by atoms with Gasteiger partial charge in [0.05, 0.1) is 20.5 Å². The minimum absolute atomic E-state index is 0.178.